The van der Waals surface area contributed by atoms with Crippen molar-refractivity contribution < 1.29 is 9.13 Å². The fraction of sp³-hybridized carbons (Fsp3) is 0.294. The Balaban J connectivity index is 1.93. The van der Waals surface area contributed by atoms with Gasteiger partial charge in [0.2, 0.25) is 0 Å². The molecule has 3 heteroatoms. The molecule has 0 aliphatic heterocycles. The number of rotatable bonds is 6. The van der Waals surface area contributed by atoms with Crippen molar-refractivity contribution in [2.24, 2.45) is 0 Å². The van der Waals surface area contributed by atoms with Gasteiger partial charge >= 0.3 is 0 Å². The van der Waals surface area contributed by atoms with E-state index in [1.165, 1.54) is 11.6 Å². The van der Waals surface area contributed by atoms with E-state index in [0.717, 1.165) is 12.0 Å². The van der Waals surface area contributed by atoms with E-state index in [1.54, 1.807) is 6.07 Å². The highest BCUT2D eigenvalue weighted by Gasteiger charge is 2.08. The van der Waals surface area contributed by atoms with Crippen molar-refractivity contribution in [3.63, 3.8) is 0 Å². The number of halogens is 1. The van der Waals surface area contributed by atoms with Gasteiger partial charge in [-0.15, -0.1) is 0 Å². The molecule has 2 rings (SSSR count). The number of benzene rings is 2. The van der Waals surface area contributed by atoms with Gasteiger partial charge in [0.15, 0.2) is 11.6 Å². The zero-order chi connectivity index (χ0) is 14.4. The predicted octanol–water partition coefficient (Wildman–Crippen LogP) is 3.73. The normalized spacial score (nSPS) is 12.2. The molecule has 2 aromatic carbocycles. The van der Waals surface area contributed by atoms with Crippen LogP contribution in [-0.4, -0.2) is 13.7 Å². The van der Waals surface area contributed by atoms with E-state index in [9.17, 15) is 4.39 Å². The first-order chi connectivity index (χ1) is 9.70. The molecule has 0 aromatic heterocycles. The highest BCUT2D eigenvalue weighted by molar-refractivity contribution is 5.31. The van der Waals surface area contributed by atoms with Gasteiger partial charge in [-0.1, -0.05) is 36.4 Å². The number of hydrogen-bond acceptors (Lipinski definition) is 2. The average molecular weight is 273 g/mol. The van der Waals surface area contributed by atoms with Gasteiger partial charge in [0.1, 0.15) is 0 Å². The van der Waals surface area contributed by atoms with E-state index >= 15 is 0 Å². The molecule has 0 amide bonds. The maximum Gasteiger partial charge on any atom is 0.165 e. The summed E-state index contributed by atoms with van der Waals surface area (Å²) >= 11 is 0. The van der Waals surface area contributed by atoms with Crippen LogP contribution in [0.3, 0.4) is 0 Å². The van der Waals surface area contributed by atoms with Gasteiger partial charge in [-0.25, -0.2) is 4.39 Å². The fourth-order valence-corrected chi connectivity index (χ4v) is 1.99. The van der Waals surface area contributed by atoms with Gasteiger partial charge in [-0.05, 0) is 37.2 Å². The molecule has 1 atom stereocenters. The lowest BCUT2D eigenvalue weighted by atomic mass is 10.1. The van der Waals surface area contributed by atoms with E-state index < -0.39 is 0 Å². The fourth-order valence-electron chi connectivity index (χ4n) is 1.99. The molecule has 1 unspecified atom stereocenters. The van der Waals surface area contributed by atoms with Crippen molar-refractivity contribution in [3.8, 4) is 5.75 Å². The lowest BCUT2D eigenvalue weighted by molar-refractivity contribution is 0.305. The second-order valence-electron chi connectivity index (χ2n) is 4.78. The largest absolute Gasteiger partial charge is 0.490 e. The maximum absolute atomic E-state index is 13.9. The first kappa shape index (κ1) is 14.5. The van der Waals surface area contributed by atoms with E-state index in [-0.39, 0.29) is 11.9 Å². The monoisotopic (exact) mass is 273 g/mol. The molecule has 0 heterocycles. The van der Waals surface area contributed by atoms with Crippen LogP contribution < -0.4 is 10.1 Å². The summed E-state index contributed by atoms with van der Waals surface area (Å²) < 4.78 is 19.4. The van der Waals surface area contributed by atoms with Crippen LogP contribution in [0.1, 0.15) is 24.1 Å². The SMILES string of the molecule is CNC(C)c1ccc(OCCc2ccccc2)c(F)c1. The van der Waals surface area contributed by atoms with Crippen LogP contribution in [0.25, 0.3) is 0 Å². The summed E-state index contributed by atoms with van der Waals surface area (Å²) in [5.74, 6) is 0.00523. The van der Waals surface area contributed by atoms with E-state index in [1.807, 2.05) is 50.4 Å². The molecule has 0 saturated heterocycles. The number of nitrogens with one attached hydrogen (secondary N) is 1. The molecule has 0 aliphatic rings. The Morgan fingerprint density at radius 3 is 2.55 bits per heavy atom. The van der Waals surface area contributed by atoms with Crippen molar-refractivity contribution in [3.05, 3.63) is 65.5 Å². The summed E-state index contributed by atoms with van der Waals surface area (Å²) in [4.78, 5) is 0. The average Bonchev–Trinajstić information content (AvgIpc) is 2.49. The minimum absolute atomic E-state index is 0.128. The number of hydrogen-bond donors (Lipinski definition) is 1. The zero-order valence-electron chi connectivity index (χ0n) is 11.9. The van der Waals surface area contributed by atoms with Gasteiger partial charge in [-0.2, -0.15) is 0 Å². The van der Waals surface area contributed by atoms with Crippen LogP contribution >= 0.6 is 0 Å². The Kier molecular flexibility index (Phi) is 5.13. The standard InChI is InChI=1S/C17H20FNO/c1-13(19-2)15-8-9-17(16(18)12-15)20-11-10-14-6-4-3-5-7-14/h3-9,12-13,19H,10-11H2,1-2H3. The van der Waals surface area contributed by atoms with Crippen LogP contribution in [-0.2, 0) is 6.42 Å². The van der Waals surface area contributed by atoms with Crippen LogP contribution in [0, 0.1) is 5.82 Å². The van der Waals surface area contributed by atoms with Gasteiger partial charge in [0.05, 0.1) is 6.61 Å². The molecule has 0 bridgehead atoms. The summed E-state index contributed by atoms with van der Waals surface area (Å²) in [7, 11) is 1.85. The molecule has 1 N–H and O–H groups in total. The van der Waals surface area contributed by atoms with Crippen LogP contribution in [0.5, 0.6) is 5.75 Å². The highest BCUT2D eigenvalue weighted by Crippen LogP contribution is 2.22. The topological polar surface area (TPSA) is 21.3 Å². The highest BCUT2D eigenvalue weighted by atomic mass is 19.1. The van der Waals surface area contributed by atoms with Crippen molar-refractivity contribution in [1.82, 2.24) is 5.32 Å². The van der Waals surface area contributed by atoms with Crippen LogP contribution in [0.15, 0.2) is 48.5 Å². The molecule has 0 saturated carbocycles. The summed E-state index contributed by atoms with van der Waals surface area (Å²) in [6.45, 7) is 2.46. The van der Waals surface area contributed by atoms with Gasteiger partial charge in [0.25, 0.3) is 0 Å². The first-order valence-electron chi connectivity index (χ1n) is 6.84. The van der Waals surface area contributed by atoms with Crippen molar-refractivity contribution >= 4 is 0 Å². The Morgan fingerprint density at radius 1 is 1.15 bits per heavy atom. The van der Waals surface area contributed by atoms with Gasteiger partial charge < -0.3 is 10.1 Å². The Bertz CT molecular complexity index is 542. The summed E-state index contributed by atoms with van der Waals surface area (Å²) in [5, 5.41) is 3.09. The van der Waals surface area contributed by atoms with E-state index in [2.05, 4.69) is 5.32 Å². The summed E-state index contributed by atoms with van der Waals surface area (Å²) in [6, 6.07) is 15.3. The lowest BCUT2D eigenvalue weighted by Gasteiger charge is -2.13. The maximum atomic E-state index is 13.9. The van der Waals surface area contributed by atoms with Crippen molar-refractivity contribution in [2.45, 2.75) is 19.4 Å². The molecule has 0 spiro atoms. The minimum Gasteiger partial charge on any atom is -0.490 e. The third kappa shape index (κ3) is 3.81. The van der Waals surface area contributed by atoms with Gasteiger partial charge in [0, 0.05) is 12.5 Å². The third-order valence-electron chi connectivity index (χ3n) is 3.38. The molecule has 0 fully saturated rings. The van der Waals surface area contributed by atoms with E-state index in [0.29, 0.717) is 12.4 Å². The Hall–Kier alpha value is -1.87. The van der Waals surface area contributed by atoms with E-state index in [4.69, 9.17) is 4.74 Å². The zero-order valence-corrected chi connectivity index (χ0v) is 11.9. The van der Waals surface area contributed by atoms with Crippen LogP contribution in [0.4, 0.5) is 4.39 Å². The molecular formula is C17H20FNO. The van der Waals surface area contributed by atoms with Gasteiger partial charge in [-0.3, -0.25) is 0 Å². The Labute approximate surface area is 119 Å². The molecule has 106 valence electrons. The van der Waals surface area contributed by atoms with Crippen LogP contribution in [0.2, 0.25) is 0 Å². The van der Waals surface area contributed by atoms with Crippen molar-refractivity contribution in [1.29, 1.82) is 0 Å². The quantitative estimate of drug-likeness (QED) is 0.866. The summed E-state index contributed by atoms with van der Waals surface area (Å²) in [5.41, 5.74) is 2.11. The Morgan fingerprint density at radius 2 is 1.90 bits per heavy atom. The minimum atomic E-state index is -0.308. The second kappa shape index (κ2) is 7.06. The smallest absolute Gasteiger partial charge is 0.165 e. The van der Waals surface area contributed by atoms with Crippen molar-refractivity contribution in [2.75, 3.05) is 13.7 Å². The summed E-state index contributed by atoms with van der Waals surface area (Å²) in [6.07, 6.45) is 0.773. The number of ether oxygens (including phenoxy) is 1. The predicted molar refractivity (Wildman–Crippen MR) is 79.5 cm³/mol. The third-order valence-corrected chi connectivity index (χ3v) is 3.38. The molecule has 2 nitrogen and oxygen atoms in total. The molecule has 2 aromatic rings. The molecule has 0 aliphatic carbocycles. The molecule has 0 radical (unpaired) electrons. The second-order valence-corrected chi connectivity index (χ2v) is 4.78. The lowest BCUT2D eigenvalue weighted by Crippen LogP contribution is -2.12. The molecular weight excluding hydrogens is 253 g/mol. The molecule has 20 heavy (non-hydrogen) atoms. The first-order valence-corrected chi connectivity index (χ1v) is 6.84.